The molecular formula is C96H106N4Se. The predicted molar refractivity (Wildman–Crippen MR) is 434 cm³/mol. The Kier molecular flexibility index (Phi) is 24.6. The molecule has 5 heteroatoms. The van der Waals surface area contributed by atoms with E-state index in [0.29, 0.717) is 0 Å². The third-order valence-electron chi connectivity index (χ3n) is 22.6. The van der Waals surface area contributed by atoms with E-state index in [2.05, 4.69) is 244 Å². The molecule has 0 atom stereocenters. The molecule has 0 amide bonds. The molecule has 516 valence electrons. The first-order chi connectivity index (χ1) is 49.9. The number of rotatable bonds is 37. The van der Waals surface area contributed by atoms with Gasteiger partial charge < -0.3 is 0 Å². The SMILES string of the molecule is CCCCCCCCC1(CCCCCCCC)c2cc(-c3ccccc3)ccc2-c2ccc(-c3cc(/C=C/c4ccncc4)c(-c4ccc5c(c4)C(CCCCCCCC)(CCCCCCCC)c4cc(-c6ccc(-c7ccccc7)c7n[se]nc67)ccc4-5)cc3/C=C/c3ccncc3)cc21. The van der Waals surface area contributed by atoms with Crippen molar-refractivity contribution < 1.29 is 0 Å². The van der Waals surface area contributed by atoms with E-state index in [1.807, 2.05) is 24.8 Å². The van der Waals surface area contributed by atoms with Gasteiger partial charge in [-0.3, -0.25) is 9.97 Å². The van der Waals surface area contributed by atoms with Gasteiger partial charge in [0.25, 0.3) is 0 Å². The molecule has 0 unspecified atom stereocenters. The van der Waals surface area contributed by atoms with Gasteiger partial charge in [-0.1, -0.05) is 209 Å². The molecule has 2 aliphatic carbocycles. The molecule has 0 saturated carbocycles. The zero-order valence-corrected chi connectivity index (χ0v) is 62.6. The van der Waals surface area contributed by atoms with Crippen LogP contribution < -0.4 is 0 Å². The number of pyridine rings is 2. The molecule has 0 saturated heterocycles. The van der Waals surface area contributed by atoms with E-state index in [-0.39, 0.29) is 25.8 Å². The summed E-state index contributed by atoms with van der Waals surface area (Å²) in [4.78, 5) is 8.93. The van der Waals surface area contributed by atoms with Crippen LogP contribution in [0.15, 0.2) is 207 Å². The van der Waals surface area contributed by atoms with E-state index in [0.717, 1.165) is 47.8 Å². The number of nitrogens with zero attached hydrogens (tertiary/aromatic N) is 4. The minimum absolute atomic E-state index is 0.114. The summed E-state index contributed by atoms with van der Waals surface area (Å²) >= 11 is -0.183. The summed E-state index contributed by atoms with van der Waals surface area (Å²) in [6, 6.07) is 70.5. The average molecular weight is 1390 g/mol. The van der Waals surface area contributed by atoms with Gasteiger partial charge in [-0.05, 0) is 117 Å². The summed E-state index contributed by atoms with van der Waals surface area (Å²) in [5.74, 6) is 0. The van der Waals surface area contributed by atoms with Crippen molar-refractivity contribution in [3.63, 3.8) is 0 Å². The summed E-state index contributed by atoms with van der Waals surface area (Å²) in [7, 11) is 0. The van der Waals surface area contributed by atoms with E-state index >= 15 is 0 Å². The second kappa shape index (κ2) is 35.0. The van der Waals surface area contributed by atoms with E-state index in [9.17, 15) is 0 Å². The summed E-state index contributed by atoms with van der Waals surface area (Å²) in [5.41, 5.74) is 30.6. The first-order valence-corrected chi connectivity index (χ1v) is 40.8. The maximum atomic E-state index is 5.22. The van der Waals surface area contributed by atoms with Gasteiger partial charge in [-0.15, -0.1) is 0 Å². The van der Waals surface area contributed by atoms with Crippen molar-refractivity contribution in [2.75, 3.05) is 0 Å². The van der Waals surface area contributed by atoms with Gasteiger partial charge in [-0.25, -0.2) is 0 Å². The molecule has 8 aromatic carbocycles. The zero-order valence-electron chi connectivity index (χ0n) is 60.9. The fraction of sp³-hybridized carbons (Fsp3) is 0.354. The van der Waals surface area contributed by atoms with Crippen LogP contribution in [0.2, 0.25) is 0 Å². The van der Waals surface area contributed by atoms with Crippen LogP contribution in [0.4, 0.5) is 0 Å². The number of aromatic nitrogens is 4. The van der Waals surface area contributed by atoms with Crippen molar-refractivity contribution >= 4 is 50.3 Å². The molecular weight excluding hydrogens is 1290 g/mol. The summed E-state index contributed by atoms with van der Waals surface area (Å²) in [6.45, 7) is 9.35. The molecule has 0 fully saturated rings. The van der Waals surface area contributed by atoms with Gasteiger partial charge in [0.2, 0.25) is 0 Å². The van der Waals surface area contributed by atoms with Crippen molar-refractivity contribution in [2.45, 2.75) is 218 Å². The molecule has 0 aliphatic heterocycles. The van der Waals surface area contributed by atoms with E-state index in [1.165, 1.54) is 265 Å². The Morgan fingerprint density at radius 1 is 0.267 bits per heavy atom. The molecule has 13 rings (SSSR count). The van der Waals surface area contributed by atoms with Crippen LogP contribution in [-0.2, 0) is 10.8 Å². The summed E-state index contributed by atoms with van der Waals surface area (Å²) < 4.78 is 10.3. The van der Waals surface area contributed by atoms with Crippen LogP contribution in [0.1, 0.15) is 252 Å². The number of hydrogen-bond donors (Lipinski definition) is 0. The van der Waals surface area contributed by atoms with Gasteiger partial charge in [0.1, 0.15) is 0 Å². The van der Waals surface area contributed by atoms with Crippen molar-refractivity contribution in [1.82, 2.24) is 17.9 Å². The quantitative estimate of drug-likeness (QED) is 0.0288. The Bertz CT molecular complexity index is 4510. The normalized spacial score (nSPS) is 13.3. The molecule has 0 bridgehead atoms. The third kappa shape index (κ3) is 16.3. The number of benzene rings is 8. The van der Waals surface area contributed by atoms with E-state index in [1.54, 1.807) is 0 Å². The van der Waals surface area contributed by atoms with Crippen LogP contribution in [0.5, 0.6) is 0 Å². The zero-order chi connectivity index (χ0) is 69.1. The maximum absolute atomic E-state index is 5.22. The standard InChI is InChI=1S/C96H106N4Se/c1-5-9-13-17-21-31-57-95(58-32-22-18-14-10-6-2)89-67-75(73-35-27-25-28-36-73)43-47-83(89)85-49-45-79(69-91(85)95)87-65-77(42-40-72-55-63-98-64-56-72)88(66-76(87)41-39-71-53-61-97-62-54-71)80-46-50-86-84-48-44-78(82-52-51-81(74-37-29-26-30-38-74)93-94(82)100-101-99-93)68-90(84)96(92(86)70-80,59-33-23-19-15-11-7-3)60-34-24-20-16-12-8-4/h25-30,35-56,61-70H,5-24,31-34,57-60H2,1-4H3/b41-39+,42-40+. The molecule has 0 spiro atoms. The monoisotopic (exact) mass is 1390 g/mol. The van der Waals surface area contributed by atoms with Gasteiger partial charge in [0.15, 0.2) is 0 Å². The molecule has 101 heavy (non-hydrogen) atoms. The Hall–Kier alpha value is -8.34. The minimum atomic E-state index is -0.183. The molecule has 11 aromatic rings. The molecule has 0 N–H and O–H groups in total. The third-order valence-corrected chi connectivity index (χ3v) is 23.7. The second-order valence-corrected chi connectivity index (χ2v) is 30.5. The smallest absolute Gasteiger partial charge is 0.265 e. The van der Waals surface area contributed by atoms with Gasteiger partial charge >= 0.3 is 250 Å². The van der Waals surface area contributed by atoms with Crippen molar-refractivity contribution in [3.05, 3.63) is 251 Å². The van der Waals surface area contributed by atoms with Crippen molar-refractivity contribution in [2.24, 2.45) is 0 Å². The topological polar surface area (TPSA) is 51.6 Å². The van der Waals surface area contributed by atoms with Crippen LogP contribution >= 0.6 is 0 Å². The fourth-order valence-electron chi connectivity index (χ4n) is 17.1. The summed E-state index contributed by atoms with van der Waals surface area (Å²) in [6.07, 6.45) is 52.2. The van der Waals surface area contributed by atoms with Crippen LogP contribution in [0.25, 0.3) is 113 Å². The van der Waals surface area contributed by atoms with Crippen molar-refractivity contribution in [3.8, 4) is 77.9 Å². The Labute approximate surface area is 611 Å². The number of fused-ring (bicyclic) bond motifs is 7. The Morgan fingerprint density at radius 2 is 0.574 bits per heavy atom. The fourth-order valence-corrected chi connectivity index (χ4v) is 18.3. The first-order valence-electron chi connectivity index (χ1n) is 39.2. The number of hydrogen-bond acceptors (Lipinski definition) is 4. The van der Waals surface area contributed by atoms with Crippen LogP contribution in [-0.4, -0.2) is 32.9 Å². The Morgan fingerprint density at radius 3 is 0.950 bits per heavy atom. The van der Waals surface area contributed by atoms with Crippen molar-refractivity contribution in [1.29, 1.82) is 0 Å². The number of unbranched alkanes of at least 4 members (excludes halogenated alkanes) is 20. The molecule has 4 nitrogen and oxygen atoms in total. The first kappa shape index (κ1) is 71.1. The van der Waals surface area contributed by atoms with Crippen LogP contribution in [0.3, 0.4) is 0 Å². The van der Waals surface area contributed by atoms with Gasteiger partial charge in [-0.2, -0.15) is 0 Å². The van der Waals surface area contributed by atoms with Gasteiger partial charge in [0.05, 0.1) is 0 Å². The minimum Gasteiger partial charge on any atom is -0.265 e. The predicted octanol–water partition coefficient (Wildman–Crippen LogP) is 27.7. The molecule has 0 radical (unpaired) electrons. The second-order valence-electron chi connectivity index (χ2n) is 29.4. The van der Waals surface area contributed by atoms with E-state index < -0.39 is 0 Å². The molecule has 3 aromatic heterocycles. The molecule has 3 heterocycles. The summed E-state index contributed by atoms with van der Waals surface area (Å²) in [5, 5.41) is 0. The molecule has 2 aliphatic rings. The van der Waals surface area contributed by atoms with E-state index in [4.69, 9.17) is 7.96 Å². The van der Waals surface area contributed by atoms with Gasteiger partial charge in [0, 0.05) is 30.2 Å². The van der Waals surface area contributed by atoms with Crippen LogP contribution in [0, 0.1) is 0 Å². The Balaban J connectivity index is 0.984. The average Bonchev–Trinajstić information content (AvgIpc) is 1.57.